The normalized spacial score (nSPS) is 13.1. The van der Waals surface area contributed by atoms with E-state index >= 15 is 0 Å². The van der Waals surface area contributed by atoms with Crippen molar-refractivity contribution in [1.29, 1.82) is 0 Å². The van der Waals surface area contributed by atoms with Crippen molar-refractivity contribution in [2.24, 2.45) is 5.41 Å². The van der Waals surface area contributed by atoms with E-state index in [1.807, 2.05) is 0 Å². The number of sulfonamides is 1. The number of carbonyl (C=O) groups is 1. The standard InChI is InChI=1S/C18H22N2O5S/c1-18(2,17(21)25-4)16(13-8-10-14(24-3)11-9-13)20-26(22,23)15-7-5-6-12-19-15/h5-12,16,20H,1-4H3/t16-/m1/s1. The van der Waals surface area contributed by atoms with Crippen LogP contribution in [0.1, 0.15) is 25.5 Å². The van der Waals surface area contributed by atoms with Crippen molar-refractivity contribution in [1.82, 2.24) is 9.71 Å². The van der Waals surface area contributed by atoms with Gasteiger partial charge in [0.15, 0.2) is 5.03 Å². The topological polar surface area (TPSA) is 94.6 Å². The molecule has 1 N–H and O–H groups in total. The van der Waals surface area contributed by atoms with Crippen LogP contribution >= 0.6 is 0 Å². The Morgan fingerprint density at radius 2 is 1.77 bits per heavy atom. The molecule has 0 amide bonds. The van der Waals surface area contributed by atoms with Gasteiger partial charge >= 0.3 is 5.97 Å². The molecular weight excluding hydrogens is 356 g/mol. The van der Waals surface area contributed by atoms with Crippen molar-refractivity contribution < 1.29 is 22.7 Å². The Labute approximate surface area is 153 Å². The maximum Gasteiger partial charge on any atom is 0.313 e. The number of benzene rings is 1. The maximum absolute atomic E-state index is 12.7. The molecular formula is C18H22N2O5S. The highest BCUT2D eigenvalue weighted by Gasteiger charge is 2.41. The smallest absolute Gasteiger partial charge is 0.313 e. The van der Waals surface area contributed by atoms with Gasteiger partial charge in [-0.1, -0.05) is 18.2 Å². The predicted octanol–water partition coefficient (Wildman–Crippen LogP) is 2.31. The van der Waals surface area contributed by atoms with Gasteiger partial charge in [0, 0.05) is 6.20 Å². The van der Waals surface area contributed by atoms with E-state index in [0.29, 0.717) is 11.3 Å². The molecule has 2 rings (SSSR count). The Hall–Kier alpha value is -2.45. The summed E-state index contributed by atoms with van der Waals surface area (Å²) >= 11 is 0. The molecule has 0 saturated heterocycles. The molecule has 7 nitrogen and oxygen atoms in total. The monoisotopic (exact) mass is 378 g/mol. The van der Waals surface area contributed by atoms with Crippen molar-refractivity contribution in [2.75, 3.05) is 14.2 Å². The number of pyridine rings is 1. The molecule has 1 heterocycles. The molecule has 8 heteroatoms. The van der Waals surface area contributed by atoms with E-state index in [4.69, 9.17) is 9.47 Å². The minimum atomic E-state index is -3.95. The number of ether oxygens (including phenoxy) is 2. The van der Waals surface area contributed by atoms with Crippen molar-refractivity contribution >= 4 is 16.0 Å². The second-order valence-electron chi connectivity index (χ2n) is 6.21. The van der Waals surface area contributed by atoms with E-state index in [2.05, 4.69) is 9.71 Å². The van der Waals surface area contributed by atoms with Gasteiger partial charge in [0.1, 0.15) is 5.75 Å². The van der Waals surface area contributed by atoms with Crippen LogP contribution in [0, 0.1) is 5.41 Å². The van der Waals surface area contributed by atoms with Crippen LogP contribution in [-0.2, 0) is 19.6 Å². The first-order chi connectivity index (χ1) is 12.2. The highest BCUT2D eigenvalue weighted by Crippen LogP contribution is 2.36. The average molecular weight is 378 g/mol. The number of esters is 1. The SMILES string of the molecule is COC(=O)C(C)(C)[C@H](NS(=O)(=O)c1ccccn1)c1ccc(OC)cc1. The Morgan fingerprint density at radius 1 is 1.12 bits per heavy atom. The van der Waals surface area contributed by atoms with Crippen molar-refractivity contribution in [3.05, 3.63) is 54.2 Å². The third-order valence-corrected chi connectivity index (χ3v) is 5.41. The van der Waals surface area contributed by atoms with Gasteiger partial charge in [0.25, 0.3) is 10.0 Å². The number of rotatable bonds is 7. The number of hydrogen-bond acceptors (Lipinski definition) is 6. The fourth-order valence-corrected chi connectivity index (χ4v) is 3.85. The van der Waals surface area contributed by atoms with Gasteiger partial charge in [-0.15, -0.1) is 0 Å². The molecule has 26 heavy (non-hydrogen) atoms. The Bertz CT molecular complexity index is 849. The molecule has 0 unspecified atom stereocenters. The Kier molecular flexibility index (Phi) is 5.99. The lowest BCUT2D eigenvalue weighted by atomic mass is 9.81. The van der Waals surface area contributed by atoms with E-state index in [-0.39, 0.29) is 5.03 Å². The minimum absolute atomic E-state index is 0.126. The van der Waals surface area contributed by atoms with Crippen LogP contribution in [0.25, 0.3) is 0 Å². The lowest BCUT2D eigenvalue weighted by molar-refractivity contribution is -0.152. The first kappa shape index (κ1) is 19.9. The highest BCUT2D eigenvalue weighted by atomic mass is 32.2. The number of aromatic nitrogens is 1. The fourth-order valence-electron chi connectivity index (χ4n) is 2.53. The molecule has 1 aromatic heterocycles. The molecule has 0 bridgehead atoms. The van der Waals surface area contributed by atoms with Crippen molar-refractivity contribution in [3.8, 4) is 5.75 Å². The molecule has 140 valence electrons. The van der Waals surface area contributed by atoms with E-state index in [1.54, 1.807) is 50.2 Å². The third-order valence-electron chi connectivity index (χ3n) is 4.07. The van der Waals surface area contributed by atoms with Gasteiger partial charge in [-0.2, -0.15) is 0 Å². The lowest BCUT2D eigenvalue weighted by Gasteiger charge is -2.32. The molecule has 0 radical (unpaired) electrons. The molecule has 0 fully saturated rings. The summed E-state index contributed by atoms with van der Waals surface area (Å²) in [5, 5.41) is -0.126. The Balaban J connectivity index is 2.48. The van der Waals surface area contributed by atoms with Crippen LogP contribution in [0.3, 0.4) is 0 Å². The van der Waals surface area contributed by atoms with Crippen LogP contribution in [0.4, 0.5) is 0 Å². The van der Waals surface area contributed by atoms with Gasteiger partial charge in [-0.3, -0.25) is 4.79 Å². The number of carbonyl (C=O) groups excluding carboxylic acids is 1. The maximum atomic E-state index is 12.7. The first-order valence-electron chi connectivity index (χ1n) is 7.88. The quantitative estimate of drug-likeness (QED) is 0.743. The molecule has 0 saturated carbocycles. The predicted molar refractivity (Wildman–Crippen MR) is 96.1 cm³/mol. The summed E-state index contributed by atoms with van der Waals surface area (Å²) in [7, 11) is -1.15. The fraction of sp³-hybridized carbons (Fsp3) is 0.333. The van der Waals surface area contributed by atoms with Gasteiger partial charge < -0.3 is 9.47 Å². The second-order valence-corrected chi connectivity index (χ2v) is 7.87. The van der Waals surface area contributed by atoms with Gasteiger partial charge in [0.2, 0.25) is 0 Å². The summed E-state index contributed by atoms with van der Waals surface area (Å²) in [5.74, 6) is 0.0815. The summed E-state index contributed by atoms with van der Waals surface area (Å²) in [4.78, 5) is 16.2. The van der Waals surface area contributed by atoms with Gasteiger partial charge in [0.05, 0.1) is 25.7 Å². The Morgan fingerprint density at radius 3 is 2.27 bits per heavy atom. The number of nitrogens with one attached hydrogen (secondary N) is 1. The molecule has 1 aromatic carbocycles. The summed E-state index contributed by atoms with van der Waals surface area (Å²) in [5.41, 5.74) is -0.564. The van der Waals surface area contributed by atoms with Crippen molar-refractivity contribution in [2.45, 2.75) is 24.9 Å². The molecule has 0 aliphatic heterocycles. The largest absolute Gasteiger partial charge is 0.497 e. The van der Waals surface area contributed by atoms with Gasteiger partial charge in [-0.25, -0.2) is 18.1 Å². The summed E-state index contributed by atoms with van der Waals surface area (Å²) in [6.45, 7) is 3.24. The number of nitrogens with zero attached hydrogens (tertiary/aromatic N) is 1. The highest BCUT2D eigenvalue weighted by molar-refractivity contribution is 7.89. The van der Waals surface area contributed by atoms with E-state index in [1.165, 1.54) is 26.5 Å². The van der Waals surface area contributed by atoms with Crippen molar-refractivity contribution in [3.63, 3.8) is 0 Å². The summed E-state index contributed by atoms with van der Waals surface area (Å²) in [6.07, 6.45) is 1.39. The summed E-state index contributed by atoms with van der Waals surface area (Å²) < 4.78 is 38.1. The van der Waals surface area contributed by atoms with Crippen LogP contribution in [0.2, 0.25) is 0 Å². The average Bonchev–Trinajstić information content (AvgIpc) is 2.66. The molecule has 0 aliphatic carbocycles. The van der Waals surface area contributed by atoms with Crippen LogP contribution < -0.4 is 9.46 Å². The first-order valence-corrected chi connectivity index (χ1v) is 9.36. The minimum Gasteiger partial charge on any atom is -0.497 e. The molecule has 2 aromatic rings. The lowest BCUT2D eigenvalue weighted by Crippen LogP contribution is -2.43. The van der Waals surface area contributed by atoms with Crippen LogP contribution in [0.15, 0.2) is 53.7 Å². The zero-order valence-electron chi connectivity index (χ0n) is 15.1. The number of methoxy groups -OCH3 is 2. The molecule has 0 spiro atoms. The molecule has 1 atom stereocenters. The zero-order valence-corrected chi connectivity index (χ0v) is 15.9. The molecule has 0 aliphatic rings. The number of hydrogen-bond donors (Lipinski definition) is 1. The van der Waals surface area contributed by atoms with Crippen LogP contribution in [0.5, 0.6) is 5.75 Å². The second kappa shape index (κ2) is 7.84. The zero-order chi connectivity index (χ0) is 19.4. The summed E-state index contributed by atoms with van der Waals surface area (Å²) in [6, 6.07) is 10.5. The van der Waals surface area contributed by atoms with E-state index in [9.17, 15) is 13.2 Å². The van der Waals surface area contributed by atoms with Crippen LogP contribution in [-0.4, -0.2) is 33.6 Å². The van der Waals surface area contributed by atoms with E-state index in [0.717, 1.165) is 0 Å². The van der Waals surface area contributed by atoms with E-state index < -0.39 is 27.4 Å². The third kappa shape index (κ3) is 4.20. The van der Waals surface area contributed by atoms with Gasteiger partial charge in [-0.05, 0) is 43.7 Å².